The zero-order valence-corrected chi connectivity index (χ0v) is 30.0. The van der Waals surface area contributed by atoms with Gasteiger partial charge in [-0.2, -0.15) is 0 Å². The zero-order chi connectivity index (χ0) is 36.3. The van der Waals surface area contributed by atoms with E-state index in [0.717, 1.165) is 40.7 Å². The molecule has 0 aliphatic heterocycles. The molecule has 0 amide bonds. The van der Waals surface area contributed by atoms with Crippen molar-refractivity contribution in [2.24, 2.45) is 0 Å². The van der Waals surface area contributed by atoms with E-state index in [4.69, 9.17) is 9.47 Å². The van der Waals surface area contributed by atoms with Crippen LogP contribution >= 0.6 is 0 Å². The van der Waals surface area contributed by atoms with Gasteiger partial charge in [-0.3, -0.25) is 0 Å². The predicted molar refractivity (Wildman–Crippen MR) is 210 cm³/mol. The smallest absolute Gasteiger partial charge is 0.338 e. The summed E-state index contributed by atoms with van der Waals surface area (Å²) in [5.41, 5.74) is 8.80. The number of carbonyl (C=O) groups is 2. The number of aryl methyl sites for hydroxylation is 1. The summed E-state index contributed by atoms with van der Waals surface area (Å²) in [5, 5.41) is 0. The average Bonchev–Trinajstić information content (AvgIpc) is 3.14. The number of carbonyl (C=O) groups excluding carboxylic acids is 2. The van der Waals surface area contributed by atoms with E-state index in [9.17, 15) is 9.59 Å². The van der Waals surface area contributed by atoms with Gasteiger partial charge in [-0.15, -0.1) is 0 Å². The maximum atomic E-state index is 12.1. The molecule has 5 aromatic carbocycles. The van der Waals surface area contributed by atoms with E-state index >= 15 is 0 Å². The fraction of sp³-hybridized carbons (Fsp3) is 0.200. The summed E-state index contributed by atoms with van der Waals surface area (Å²) < 4.78 is 10.7. The van der Waals surface area contributed by atoms with E-state index in [-0.39, 0.29) is 0 Å². The molecule has 5 aromatic rings. The Labute approximate surface area is 302 Å². The number of benzene rings is 5. The lowest BCUT2D eigenvalue weighted by Crippen LogP contribution is -2.28. The number of ether oxygens (including phenoxy) is 2. The van der Waals surface area contributed by atoms with Crippen molar-refractivity contribution in [2.75, 3.05) is 9.80 Å². The number of anilines is 5. The van der Waals surface area contributed by atoms with Gasteiger partial charge in [0.1, 0.15) is 11.5 Å². The molecule has 0 radical (unpaired) electrons. The Morgan fingerprint density at radius 2 is 1.22 bits per heavy atom. The number of hydrogen-bond donors (Lipinski definition) is 0. The van der Waals surface area contributed by atoms with Gasteiger partial charge in [-0.1, -0.05) is 75.7 Å². The molecule has 0 saturated carbocycles. The van der Waals surface area contributed by atoms with Crippen LogP contribution in [-0.4, -0.2) is 18.0 Å². The van der Waals surface area contributed by atoms with Gasteiger partial charge in [0.05, 0.1) is 0 Å². The maximum absolute atomic E-state index is 12.1. The first-order valence-electron chi connectivity index (χ1n) is 17.5. The Balaban J connectivity index is 1.43. The van der Waals surface area contributed by atoms with Gasteiger partial charge in [-0.05, 0) is 129 Å². The highest BCUT2D eigenvalue weighted by atomic mass is 16.5. The lowest BCUT2D eigenvalue weighted by atomic mass is 10.0. The molecule has 1 unspecified atom stereocenters. The molecular formula is C45H46N2O4. The summed E-state index contributed by atoms with van der Waals surface area (Å²) in [6, 6.07) is 40.9. The molecule has 0 spiro atoms. The number of nitrogens with zero attached hydrogens (tertiary/aromatic N) is 2. The summed E-state index contributed by atoms with van der Waals surface area (Å²) in [4.78, 5) is 28.4. The predicted octanol–water partition coefficient (Wildman–Crippen LogP) is 11.8. The molecule has 6 heteroatoms. The van der Waals surface area contributed by atoms with Gasteiger partial charge < -0.3 is 19.3 Å². The molecule has 0 heterocycles. The molecule has 6 nitrogen and oxygen atoms in total. The molecule has 260 valence electrons. The Morgan fingerprint density at radius 3 is 1.71 bits per heavy atom. The molecule has 1 atom stereocenters. The Morgan fingerprint density at radius 1 is 0.706 bits per heavy atom. The van der Waals surface area contributed by atoms with E-state index in [0.29, 0.717) is 23.1 Å². The highest BCUT2D eigenvalue weighted by molar-refractivity contribution is 5.89. The first-order chi connectivity index (χ1) is 24.7. The Hall–Kier alpha value is -5.88. The van der Waals surface area contributed by atoms with Crippen LogP contribution in [0.5, 0.6) is 11.5 Å². The number of unbranched alkanes of at least 4 members (excludes halogenated alkanes) is 2. The third-order valence-electron chi connectivity index (χ3n) is 8.68. The van der Waals surface area contributed by atoms with Crippen molar-refractivity contribution in [3.8, 4) is 22.6 Å². The summed E-state index contributed by atoms with van der Waals surface area (Å²) in [7, 11) is 0. The minimum atomic E-state index is -0.521. The van der Waals surface area contributed by atoms with Crippen molar-refractivity contribution in [1.29, 1.82) is 0 Å². The highest BCUT2D eigenvalue weighted by Crippen LogP contribution is 2.38. The molecule has 5 rings (SSSR count). The first-order valence-corrected chi connectivity index (χ1v) is 17.5. The van der Waals surface area contributed by atoms with Crippen LogP contribution in [0.15, 0.2) is 146 Å². The van der Waals surface area contributed by atoms with Crippen LogP contribution in [0.3, 0.4) is 0 Å². The van der Waals surface area contributed by atoms with Crippen LogP contribution in [0.1, 0.15) is 52.0 Å². The molecule has 0 aliphatic rings. The molecule has 0 aliphatic carbocycles. The topological polar surface area (TPSA) is 59.1 Å². The lowest BCUT2D eigenvalue weighted by Gasteiger charge is -2.32. The molecule has 0 saturated heterocycles. The Bertz CT molecular complexity index is 1950. The van der Waals surface area contributed by atoms with Gasteiger partial charge >= 0.3 is 11.9 Å². The van der Waals surface area contributed by atoms with Gasteiger partial charge in [0.15, 0.2) is 0 Å². The SMILES string of the molecule is C=CC(=O)Oc1ccc(N(c2ccc(OC(=O)C(=C)C)cc2)c2ccc(-c3ccc(N(c4cccc(C)c4)C(C)CCCCC)cc3)cc2)cc1. The molecule has 0 bridgehead atoms. The van der Waals surface area contributed by atoms with Crippen molar-refractivity contribution < 1.29 is 19.1 Å². The molecule has 0 aromatic heterocycles. The monoisotopic (exact) mass is 678 g/mol. The first kappa shape index (κ1) is 36.4. The summed E-state index contributed by atoms with van der Waals surface area (Å²) in [6.45, 7) is 15.5. The van der Waals surface area contributed by atoms with Crippen LogP contribution in [0.2, 0.25) is 0 Å². The second-order valence-corrected chi connectivity index (χ2v) is 12.8. The van der Waals surface area contributed by atoms with Crippen LogP contribution in [0.25, 0.3) is 11.1 Å². The molecule has 0 N–H and O–H groups in total. The zero-order valence-electron chi connectivity index (χ0n) is 30.0. The summed E-state index contributed by atoms with van der Waals surface area (Å²) >= 11 is 0. The Kier molecular flexibility index (Phi) is 12.3. The van der Waals surface area contributed by atoms with Gasteiger partial charge in [0.25, 0.3) is 0 Å². The highest BCUT2D eigenvalue weighted by Gasteiger charge is 2.18. The van der Waals surface area contributed by atoms with Crippen molar-refractivity contribution in [3.63, 3.8) is 0 Å². The largest absolute Gasteiger partial charge is 0.423 e. The van der Waals surface area contributed by atoms with Crippen LogP contribution in [0.4, 0.5) is 28.4 Å². The lowest BCUT2D eigenvalue weighted by molar-refractivity contribution is -0.130. The summed E-state index contributed by atoms with van der Waals surface area (Å²) in [5.74, 6) is -0.154. The van der Waals surface area contributed by atoms with Crippen molar-refractivity contribution >= 4 is 40.4 Å². The van der Waals surface area contributed by atoms with E-state index in [2.05, 4.69) is 117 Å². The van der Waals surface area contributed by atoms with E-state index < -0.39 is 11.9 Å². The van der Waals surface area contributed by atoms with Gasteiger partial charge in [0.2, 0.25) is 0 Å². The van der Waals surface area contributed by atoms with Crippen molar-refractivity contribution in [3.05, 3.63) is 152 Å². The quantitative estimate of drug-likeness (QED) is 0.0475. The number of rotatable bonds is 15. The second kappa shape index (κ2) is 17.2. The molecule has 0 fully saturated rings. The summed E-state index contributed by atoms with van der Waals surface area (Å²) in [6.07, 6.45) is 5.92. The molecule has 51 heavy (non-hydrogen) atoms. The van der Waals surface area contributed by atoms with Gasteiger partial charge in [-0.25, -0.2) is 9.59 Å². The fourth-order valence-electron chi connectivity index (χ4n) is 6.00. The van der Waals surface area contributed by atoms with Gasteiger partial charge in [0, 0.05) is 46.1 Å². The minimum Gasteiger partial charge on any atom is -0.423 e. The normalized spacial score (nSPS) is 11.3. The standard InChI is InChI=1S/C45H46N2O4/c1-7-9-10-13-34(6)46(41-14-11-12-33(5)31-41)37-19-15-35(16-20-37)36-17-21-38(22-18-36)47(39-23-27-42(28-24-39)50-44(48)8-2)40-25-29-43(30-26-40)51-45(49)32(3)4/h8,11-12,14-31,34H,2-3,7,9-10,13H2,1,4-6H3. The average molecular weight is 679 g/mol. The fourth-order valence-corrected chi connectivity index (χ4v) is 6.00. The third-order valence-corrected chi connectivity index (χ3v) is 8.68. The second-order valence-electron chi connectivity index (χ2n) is 12.8. The van der Waals surface area contributed by atoms with Crippen LogP contribution < -0.4 is 19.3 Å². The third kappa shape index (κ3) is 9.43. The van der Waals surface area contributed by atoms with E-state index in [1.807, 2.05) is 24.3 Å². The number of hydrogen-bond acceptors (Lipinski definition) is 6. The minimum absolute atomic E-state index is 0.327. The maximum Gasteiger partial charge on any atom is 0.338 e. The van der Waals surface area contributed by atoms with Crippen molar-refractivity contribution in [2.45, 2.75) is 59.4 Å². The molecular weight excluding hydrogens is 633 g/mol. The van der Waals surface area contributed by atoms with Crippen LogP contribution in [-0.2, 0) is 9.59 Å². The van der Waals surface area contributed by atoms with E-state index in [1.165, 1.54) is 36.2 Å². The van der Waals surface area contributed by atoms with E-state index in [1.54, 1.807) is 31.2 Å². The van der Waals surface area contributed by atoms with Crippen LogP contribution in [0, 0.1) is 6.92 Å². The number of esters is 2. The van der Waals surface area contributed by atoms with Crippen molar-refractivity contribution in [1.82, 2.24) is 0 Å².